The smallest absolute Gasteiger partial charge is 0.224 e. The van der Waals surface area contributed by atoms with Crippen molar-refractivity contribution in [3.63, 3.8) is 0 Å². The van der Waals surface area contributed by atoms with Crippen LogP contribution in [0, 0.1) is 0 Å². The van der Waals surface area contributed by atoms with Crippen molar-refractivity contribution in [1.82, 2.24) is 10.2 Å². The van der Waals surface area contributed by atoms with Crippen molar-refractivity contribution in [2.45, 2.75) is 38.6 Å². The zero-order valence-corrected chi connectivity index (χ0v) is 15.1. The number of carbonyl (C=O) groups excluding carboxylic acids is 1. The van der Waals surface area contributed by atoms with Crippen LogP contribution >= 0.6 is 0 Å². The first-order chi connectivity index (χ1) is 12.2. The van der Waals surface area contributed by atoms with Crippen LogP contribution in [-0.4, -0.2) is 30.9 Å². The number of likely N-dealkylation sites (N-methyl/N-ethyl adjacent to an activating group) is 1. The lowest BCUT2D eigenvalue weighted by molar-refractivity contribution is -0.120. The topological polar surface area (TPSA) is 32.3 Å². The average molecular weight is 336 g/mol. The summed E-state index contributed by atoms with van der Waals surface area (Å²) < 4.78 is 0. The monoisotopic (exact) mass is 336 g/mol. The molecule has 3 nitrogen and oxygen atoms in total. The van der Waals surface area contributed by atoms with Crippen LogP contribution in [0.25, 0.3) is 0 Å². The number of aryl methyl sites for hydroxylation is 2. The van der Waals surface area contributed by atoms with E-state index in [4.69, 9.17) is 0 Å². The lowest BCUT2D eigenvalue weighted by Gasteiger charge is -2.18. The van der Waals surface area contributed by atoms with E-state index in [9.17, 15) is 4.79 Å². The Morgan fingerprint density at radius 2 is 1.76 bits per heavy atom. The second-order valence-corrected chi connectivity index (χ2v) is 7.06. The van der Waals surface area contributed by atoms with E-state index in [1.54, 1.807) is 0 Å². The molecule has 2 aromatic carbocycles. The minimum Gasteiger partial charge on any atom is -0.355 e. The number of amides is 1. The Balaban J connectivity index is 1.41. The Morgan fingerprint density at radius 1 is 1.00 bits per heavy atom. The Hall–Kier alpha value is -2.13. The highest BCUT2D eigenvalue weighted by atomic mass is 16.1. The predicted molar refractivity (Wildman–Crippen MR) is 103 cm³/mol. The van der Waals surface area contributed by atoms with Crippen molar-refractivity contribution in [2.24, 2.45) is 0 Å². The summed E-state index contributed by atoms with van der Waals surface area (Å²) >= 11 is 0. The van der Waals surface area contributed by atoms with Gasteiger partial charge in [-0.05, 0) is 55.0 Å². The van der Waals surface area contributed by atoms with E-state index >= 15 is 0 Å². The number of nitrogens with zero attached hydrogens (tertiary/aromatic N) is 1. The molecule has 0 heterocycles. The van der Waals surface area contributed by atoms with Crippen molar-refractivity contribution in [1.29, 1.82) is 0 Å². The highest BCUT2D eigenvalue weighted by Crippen LogP contribution is 2.22. The molecule has 0 unspecified atom stereocenters. The van der Waals surface area contributed by atoms with Gasteiger partial charge >= 0.3 is 0 Å². The molecule has 0 aromatic heterocycles. The second-order valence-electron chi connectivity index (χ2n) is 7.06. The fourth-order valence-corrected chi connectivity index (χ4v) is 3.50. The van der Waals surface area contributed by atoms with Gasteiger partial charge in [0, 0.05) is 19.6 Å². The predicted octanol–water partition coefficient (Wildman–Crippen LogP) is 3.36. The number of hydrogen-bond donors (Lipinski definition) is 1. The molecule has 1 aliphatic carbocycles. The molecule has 0 atom stereocenters. The van der Waals surface area contributed by atoms with Crippen LogP contribution in [0.4, 0.5) is 0 Å². The largest absolute Gasteiger partial charge is 0.355 e. The van der Waals surface area contributed by atoms with Crippen LogP contribution in [0.2, 0.25) is 0 Å². The standard InChI is InChI=1S/C22H28N2O/c1-24(17-18-7-3-2-4-8-18)14-13-23-22(25)16-19-11-12-20-9-5-6-10-21(20)15-19/h2-4,7-8,11-12,15H,5-6,9-10,13-14,16-17H2,1H3,(H,23,25). The molecule has 0 fully saturated rings. The maximum Gasteiger partial charge on any atom is 0.224 e. The number of hydrogen-bond acceptors (Lipinski definition) is 2. The molecular formula is C22H28N2O. The van der Waals surface area contributed by atoms with Crippen molar-refractivity contribution >= 4 is 5.91 Å². The molecule has 1 N–H and O–H groups in total. The molecule has 0 radical (unpaired) electrons. The van der Waals surface area contributed by atoms with E-state index in [0.29, 0.717) is 13.0 Å². The van der Waals surface area contributed by atoms with Gasteiger partial charge in [-0.1, -0.05) is 48.5 Å². The minimum absolute atomic E-state index is 0.115. The first-order valence-corrected chi connectivity index (χ1v) is 9.30. The Kier molecular flexibility index (Phi) is 6.24. The molecule has 1 aliphatic rings. The second kappa shape index (κ2) is 8.82. The molecule has 25 heavy (non-hydrogen) atoms. The molecule has 1 amide bonds. The number of fused-ring (bicyclic) bond motifs is 1. The lowest BCUT2D eigenvalue weighted by atomic mass is 9.90. The molecule has 132 valence electrons. The average Bonchev–Trinajstić information content (AvgIpc) is 2.62. The van der Waals surface area contributed by atoms with Gasteiger partial charge in [0.2, 0.25) is 5.91 Å². The van der Waals surface area contributed by atoms with Crippen molar-refractivity contribution < 1.29 is 4.79 Å². The zero-order valence-electron chi connectivity index (χ0n) is 15.1. The molecule has 0 saturated heterocycles. The minimum atomic E-state index is 0.115. The number of carbonyl (C=O) groups is 1. The Bertz CT molecular complexity index is 696. The molecule has 0 spiro atoms. The molecule has 3 rings (SSSR count). The van der Waals surface area contributed by atoms with Gasteiger partial charge in [-0.3, -0.25) is 4.79 Å². The molecular weight excluding hydrogens is 308 g/mol. The zero-order chi connectivity index (χ0) is 17.5. The summed E-state index contributed by atoms with van der Waals surface area (Å²) in [6, 6.07) is 17.0. The van der Waals surface area contributed by atoms with Crippen molar-refractivity contribution in [3.05, 3.63) is 70.8 Å². The van der Waals surface area contributed by atoms with Gasteiger partial charge in [0.05, 0.1) is 6.42 Å². The number of nitrogens with one attached hydrogen (secondary N) is 1. The summed E-state index contributed by atoms with van der Waals surface area (Å²) in [5.74, 6) is 0.115. The number of rotatable bonds is 7. The van der Waals surface area contributed by atoms with Gasteiger partial charge in [-0.2, -0.15) is 0 Å². The van der Waals surface area contributed by atoms with E-state index in [-0.39, 0.29) is 5.91 Å². The van der Waals surface area contributed by atoms with Crippen molar-refractivity contribution in [2.75, 3.05) is 20.1 Å². The van der Waals surface area contributed by atoms with E-state index < -0.39 is 0 Å². The van der Waals surface area contributed by atoms with Crippen LogP contribution in [-0.2, 0) is 30.6 Å². The Morgan fingerprint density at radius 3 is 2.56 bits per heavy atom. The summed E-state index contributed by atoms with van der Waals surface area (Å²) in [5.41, 5.74) is 5.35. The summed E-state index contributed by atoms with van der Waals surface area (Å²) in [6.07, 6.45) is 5.40. The third-order valence-electron chi connectivity index (χ3n) is 4.89. The van der Waals surface area contributed by atoms with E-state index in [0.717, 1.165) is 25.1 Å². The first-order valence-electron chi connectivity index (χ1n) is 9.30. The Labute approximate surface area is 151 Å². The van der Waals surface area contributed by atoms with Crippen LogP contribution in [0.15, 0.2) is 48.5 Å². The van der Waals surface area contributed by atoms with Crippen LogP contribution in [0.5, 0.6) is 0 Å². The summed E-state index contributed by atoms with van der Waals surface area (Å²) in [6.45, 7) is 2.44. The van der Waals surface area contributed by atoms with Gasteiger partial charge in [0.25, 0.3) is 0 Å². The third-order valence-corrected chi connectivity index (χ3v) is 4.89. The highest BCUT2D eigenvalue weighted by Gasteiger charge is 2.11. The quantitative estimate of drug-likeness (QED) is 0.841. The molecule has 3 heteroatoms. The van der Waals surface area contributed by atoms with Gasteiger partial charge in [0.1, 0.15) is 0 Å². The fourth-order valence-electron chi connectivity index (χ4n) is 3.50. The van der Waals surface area contributed by atoms with E-state index in [2.05, 4.69) is 59.7 Å². The maximum absolute atomic E-state index is 12.2. The van der Waals surface area contributed by atoms with Crippen LogP contribution in [0.3, 0.4) is 0 Å². The van der Waals surface area contributed by atoms with Gasteiger partial charge in [0.15, 0.2) is 0 Å². The van der Waals surface area contributed by atoms with E-state index in [1.165, 1.54) is 36.0 Å². The molecule has 0 saturated carbocycles. The summed E-state index contributed by atoms with van der Waals surface area (Å²) in [7, 11) is 2.09. The van der Waals surface area contributed by atoms with E-state index in [1.807, 2.05) is 6.07 Å². The normalized spacial score (nSPS) is 13.5. The highest BCUT2D eigenvalue weighted by molar-refractivity contribution is 5.78. The van der Waals surface area contributed by atoms with Crippen LogP contribution < -0.4 is 5.32 Å². The lowest BCUT2D eigenvalue weighted by Crippen LogP contribution is -2.33. The third kappa shape index (κ3) is 5.43. The van der Waals surface area contributed by atoms with Gasteiger partial charge in [-0.15, -0.1) is 0 Å². The summed E-state index contributed by atoms with van der Waals surface area (Å²) in [5, 5.41) is 3.05. The SMILES string of the molecule is CN(CCNC(=O)Cc1ccc2c(c1)CCCC2)Cc1ccccc1. The van der Waals surface area contributed by atoms with Gasteiger partial charge < -0.3 is 10.2 Å². The molecule has 0 bridgehead atoms. The van der Waals surface area contributed by atoms with Gasteiger partial charge in [-0.25, -0.2) is 0 Å². The number of benzene rings is 2. The maximum atomic E-state index is 12.2. The van der Waals surface area contributed by atoms with Crippen LogP contribution in [0.1, 0.15) is 35.1 Å². The first kappa shape index (κ1) is 17.7. The fraction of sp³-hybridized carbons (Fsp3) is 0.409. The van der Waals surface area contributed by atoms with Crippen molar-refractivity contribution in [3.8, 4) is 0 Å². The summed E-state index contributed by atoms with van der Waals surface area (Å²) in [4.78, 5) is 14.4. The molecule has 2 aromatic rings. The molecule has 0 aliphatic heterocycles.